The number of unbranched alkanes of at least 4 members (excludes halogenated alkanes) is 3. The summed E-state index contributed by atoms with van der Waals surface area (Å²) in [7, 11) is 0. The molecule has 0 aliphatic heterocycles. The monoisotopic (exact) mass is 182 g/mol. The fourth-order valence-electron chi connectivity index (χ4n) is 1.26. The number of aliphatic hydroxyl groups excluding tert-OH is 1. The molecule has 1 N–H and O–H groups in total. The van der Waals surface area contributed by atoms with Crippen LogP contribution < -0.4 is 0 Å². The van der Waals surface area contributed by atoms with Gasteiger partial charge in [-0.1, -0.05) is 57.4 Å². The van der Waals surface area contributed by atoms with Gasteiger partial charge in [0.1, 0.15) is 0 Å². The first kappa shape index (κ1) is 12.4. The van der Waals surface area contributed by atoms with E-state index >= 15 is 0 Å². The molecule has 0 aliphatic rings. The normalized spacial score (nSPS) is 13.4. The zero-order valence-corrected chi connectivity index (χ0v) is 8.71. The van der Waals surface area contributed by atoms with Crippen molar-refractivity contribution in [1.82, 2.24) is 0 Å². The Morgan fingerprint density at radius 2 is 2.08 bits per heavy atom. The minimum atomic E-state index is -0.159. The largest absolute Gasteiger partial charge is 0.393 e. The van der Waals surface area contributed by atoms with E-state index in [1.54, 1.807) is 6.08 Å². The molecule has 0 rings (SSSR count). The highest BCUT2D eigenvalue weighted by Gasteiger charge is 1.99. The molecule has 0 amide bonds. The Morgan fingerprint density at radius 3 is 2.69 bits per heavy atom. The van der Waals surface area contributed by atoms with E-state index in [1.807, 2.05) is 12.2 Å². The van der Waals surface area contributed by atoms with Gasteiger partial charge in [0.05, 0.1) is 6.10 Å². The van der Waals surface area contributed by atoms with Crippen molar-refractivity contribution >= 4 is 0 Å². The van der Waals surface area contributed by atoms with Gasteiger partial charge in [0.2, 0.25) is 0 Å². The maximum Gasteiger partial charge on any atom is 0.0574 e. The first-order chi connectivity index (χ1) is 6.31. The van der Waals surface area contributed by atoms with E-state index in [2.05, 4.69) is 13.5 Å². The Morgan fingerprint density at radius 1 is 1.31 bits per heavy atom. The Kier molecular flexibility index (Phi) is 9.12. The van der Waals surface area contributed by atoms with Crippen LogP contribution in [0.15, 0.2) is 24.8 Å². The van der Waals surface area contributed by atoms with Crippen molar-refractivity contribution in [3.8, 4) is 0 Å². The number of allylic oxidation sites excluding steroid dienone is 2. The summed E-state index contributed by atoms with van der Waals surface area (Å²) in [6.07, 6.45) is 12.1. The lowest BCUT2D eigenvalue weighted by molar-refractivity contribution is 0.164. The van der Waals surface area contributed by atoms with Crippen molar-refractivity contribution < 1.29 is 5.11 Å². The molecule has 0 aromatic carbocycles. The van der Waals surface area contributed by atoms with Crippen molar-refractivity contribution in [3.05, 3.63) is 24.8 Å². The topological polar surface area (TPSA) is 20.2 Å². The van der Waals surface area contributed by atoms with Crippen LogP contribution in [0.3, 0.4) is 0 Å². The van der Waals surface area contributed by atoms with Crippen LogP contribution >= 0.6 is 0 Å². The molecule has 1 heteroatoms. The predicted octanol–water partition coefficient (Wildman–Crippen LogP) is 3.45. The SMILES string of the molecule is C=C/C=C/CC(O)CCCCCC. The molecule has 0 saturated carbocycles. The van der Waals surface area contributed by atoms with E-state index in [1.165, 1.54) is 19.3 Å². The van der Waals surface area contributed by atoms with E-state index in [9.17, 15) is 5.11 Å². The molecule has 0 spiro atoms. The predicted molar refractivity (Wildman–Crippen MR) is 58.7 cm³/mol. The summed E-state index contributed by atoms with van der Waals surface area (Å²) >= 11 is 0. The van der Waals surface area contributed by atoms with Crippen LogP contribution in [0, 0.1) is 0 Å². The van der Waals surface area contributed by atoms with Crippen LogP contribution in [0.5, 0.6) is 0 Å². The molecule has 0 saturated heterocycles. The van der Waals surface area contributed by atoms with Crippen molar-refractivity contribution in [1.29, 1.82) is 0 Å². The molecule has 0 aromatic rings. The summed E-state index contributed by atoms with van der Waals surface area (Å²) in [5.74, 6) is 0. The molecule has 76 valence electrons. The number of aliphatic hydroxyl groups is 1. The molecule has 0 fully saturated rings. The van der Waals surface area contributed by atoms with Crippen molar-refractivity contribution in [3.63, 3.8) is 0 Å². The van der Waals surface area contributed by atoms with E-state index in [4.69, 9.17) is 0 Å². The first-order valence-corrected chi connectivity index (χ1v) is 5.26. The molecule has 0 aromatic heterocycles. The van der Waals surface area contributed by atoms with Gasteiger partial charge < -0.3 is 5.11 Å². The van der Waals surface area contributed by atoms with Crippen LogP contribution in [0.2, 0.25) is 0 Å². The van der Waals surface area contributed by atoms with Crippen LogP contribution in [0.25, 0.3) is 0 Å². The Balaban J connectivity index is 3.24. The number of hydrogen-bond donors (Lipinski definition) is 1. The number of rotatable bonds is 8. The molecule has 0 bridgehead atoms. The van der Waals surface area contributed by atoms with Crippen LogP contribution in [0.1, 0.15) is 45.4 Å². The third-order valence-electron chi connectivity index (χ3n) is 2.07. The quantitative estimate of drug-likeness (QED) is 0.450. The van der Waals surface area contributed by atoms with E-state index in [0.29, 0.717) is 0 Å². The molecule has 1 atom stereocenters. The van der Waals surface area contributed by atoms with Gasteiger partial charge in [0, 0.05) is 0 Å². The maximum atomic E-state index is 9.49. The van der Waals surface area contributed by atoms with Gasteiger partial charge in [-0.25, -0.2) is 0 Å². The summed E-state index contributed by atoms with van der Waals surface area (Å²) < 4.78 is 0. The minimum absolute atomic E-state index is 0.159. The lowest BCUT2D eigenvalue weighted by Crippen LogP contribution is -2.04. The average molecular weight is 182 g/mol. The van der Waals surface area contributed by atoms with Gasteiger partial charge in [-0.3, -0.25) is 0 Å². The van der Waals surface area contributed by atoms with Crippen LogP contribution in [0.4, 0.5) is 0 Å². The standard InChI is InChI=1S/C12H22O/c1-3-5-7-9-11-12(13)10-8-6-4-2/h4,6,8,12-13H,2-3,5,7,9-11H2,1H3/b8-6+. The first-order valence-electron chi connectivity index (χ1n) is 5.26. The lowest BCUT2D eigenvalue weighted by Gasteiger charge is -2.06. The highest BCUT2D eigenvalue weighted by molar-refractivity contribution is 4.97. The average Bonchev–Trinajstić information content (AvgIpc) is 2.13. The lowest BCUT2D eigenvalue weighted by atomic mass is 10.1. The third-order valence-corrected chi connectivity index (χ3v) is 2.07. The summed E-state index contributed by atoms with van der Waals surface area (Å²) in [5.41, 5.74) is 0. The second kappa shape index (κ2) is 9.53. The van der Waals surface area contributed by atoms with Crippen molar-refractivity contribution in [2.75, 3.05) is 0 Å². The fraction of sp³-hybridized carbons (Fsp3) is 0.667. The summed E-state index contributed by atoms with van der Waals surface area (Å²) in [5, 5.41) is 9.49. The Bertz CT molecular complexity index is 138. The maximum absolute atomic E-state index is 9.49. The number of hydrogen-bond acceptors (Lipinski definition) is 1. The molecular formula is C12H22O. The minimum Gasteiger partial charge on any atom is -0.393 e. The van der Waals surface area contributed by atoms with Gasteiger partial charge in [0.15, 0.2) is 0 Å². The van der Waals surface area contributed by atoms with Gasteiger partial charge in [-0.2, -0.15) is 0 Å². The van der Waals surface area contributed by atoms with Gasteiger partial charge in [0.25, 0.3) is 0 Å². The molecule has 13 heavy (non-hydrogen) atoms. The highest BCUT2D eigenvalue weighted by Crippen LogP contribution is 2.08. The third kappa shape index (κ3) is 9.35. The Hall–Kier alpha value is -0.560. The molecule has 0 heterocycles. The summed E-state index contributed by atoms with van der Waals surface area (Å²) in [6.45, 7) is 5.77. The van der Waals surface area contributed by atoms with E-state index in [-0.39, 0.29) is 6.10 Å². The zero-order chi connectivity index (χ0) is 9.94. The van der Waals surface area contributed by atoms with E-state index < -0.39 is 0 Å². The molecule has 0 aliphatic carbocycles. The van der Waals surface area contributed by atoms with Crippen LogP contribution in [-0.4, -0.2) is 11.2 Å². The van der Waals surface area contributed by atoms with Crippen molar-refractivity contribution in [2.45, 2.75) is 51.6 Å². The highest BCUT2D eigenvalue weighted by atomic mass is 16.3. The second-order valence-corrected chi connectivity index (χ2v) is 3.40. The fourth-order valence-corrected chi connectivity index (χ4v) is 1.26. The molecular weight excluding hydrogens is 160 g/mol. The molecule has 0 radical (unpaired) electrons. The molecule has 1 nitrogen and oxygen atoms in total. The second-order valence-electron chi connectivity index (χ2n) is 3.40. The van der Waals surface area contributed by atoms with Gasteiger partial charge in [-0.05, 0) is 12.8 Å². The van der Waals surface area contributed by atoms with E-state index in [0.717, 1.165) is 19.3 Å². The van der Waals surface area contributed by atoms with Gasteiger partial charge >= 0.3 is 0 Å². The van der Waals surface area contributed by atoms with Crippen LogP contribution in [-0.2, 0) is 0 Å². The van der Waals surface area contributed by atoms with Crippen molar-refractivity contribution in [2.24, 2.45) is 0 Å². The Labute approximate surface area is 82.2 Å². The zero-order valence-electron chi connectivity index (χ0n) is 8.71. The van der Waals surface area contributed by atoms with Gasteiger partial charge in [-0.15, -0.1) is 0 Å². The molecule has 1 unspecified atom stereocenters. The summed E-state index contributed by atoms with van der Waals surface area (Å²) in [4.78, 5) is 0. The summed E-state index contributed by atoms with van der Waals surface area (Å²) in [6, 6.07) is 0. The smallest absolute Gasteiger partial charge is 0.0574 e.